The molecule has 4 nitrogen and oxygen atoms in total. The van der Waals surface area contributed by atoms with Gasteiger partial charge >= 0.3 is 0 Å². The molecule has 0 saturated heterocycles. The molecular weight excluding hydrogens is 260 g/mol. The number of nitrogens with zero attached hydrogens (tertiary/aromatic N) is 1. The number of rotatable bonds is 3. The lowest BCUT2D eigenvalue weighted by Gasteiger charge is -2.18. The lowest BCUT2D eigenvalue weighted by Crippen LogP contribution is -2.15. The molecular formula is C14H16N2O2S. The zero-order valence-electron chi connectivity index (χ0n) is 11.0. The van der Waals surface area contributed by atoms with Crippen molar-refractivity contribution in [3.8, 4) is 22.1 Å². The summed E-state index contributed by atoms with van der Waals surface area (Å²) in [6, 6.07) is 6.25. The predicted octanol–water partition coefficient (Wildman–Crippen LogP) is 2.86. The van der Waals surface area contributed by atoms with Crippen molar-refractivity contribution in [1.82, 2.24) is 10.3 Å². The highest BCUT2D eigenvalue weighted by molar-refractivity contribution is 7.13. The maximum atomic E-state index is 5.60. The summed E-state index contributed by atoms with van der Waals surface area (Å²) in [5.74, 6) is 1.62. The normalized spacial score (nSPS) is 15.3. The fraction of sp³-hybridized carbons (Fsp3) is 0.357. The smallest absolute Gasteiger partial charge is 0.162 e. The third kappa shape index (κ3) is 2.43. The Labute approximate surface area is 116 Å². The second-order valence-electron chi connectivity index (χ2n) is 4.45. The molecule has 1 aromatic carbocycles. The predicted molar refractivity (Wildman–Crippen MR) is 76.0 cm³/mol. The van der Waals surface area contributed by atoms with Crippen LogP contribution >= 0.6 is 11.3 Å². The summed E-state index contributed by atoms with van der Waals surface area (Å²) >= 11 is 1.65. The molecule has 1 aliphatic rings. The summed E-state index contributed by atoms with van der Waals surface area (Å²) in [5, 5.41) is 6.29. The Balaban J connectivity index is 1.91. The summed E-state index contributed by atoms with van der Waals surface area (Å²) in [6.07, 6.45) is 0. The molecule has 0 bridgehead atoms. The van der Waals surface area contributed by atoms with Gasteiger partial charge in [-0.05, 0) is 32.2 Å². The van der Waals surface area contributed by atoms with Crippen LogP contribution in [-0.4, -0.2) is 25.2 Å². The molecule has 1 aromatic heterocycles. The maximum absolute atomic E-state index is 5.60. The van der Waals surface area contributed by atoms with Gasteiger partial charge in [-0.2, -0.15) is 0 Å². The van der Waals surface area contributed by atoms with Gasteiger partial charge in [-0.3, -0.25) is 0 Å². The molecule has 0 amide bonds. The van der Waals surface area contributed by atoms with E-state index < -0.39 is 0 Å². The molecule has 1 unspecified atom stereocenters. The first-order valence-electron chi connectivity index (χ1n) is 6.30. The van der Waals surface area contributed by atoms with Gasteiger partial charge in [0.2, 0.25) is 0 Å². The molecule has 0 aliphatic carbocycles. The van der Waals surface area contributed by atoms with Crippen molar-refractivity contribution < 1.29 is 9.47 Å². The average Bonchev–Trinajstić information content (AvgIpc) is 2.95. The number of hydrogen-bond donors (Lipinski definition) is 1. The van der Waals surface area contributed by atoms with Crippen LogP contribution in [0, 0.1) is 0 Å². The Morgan fingerprint density at radius 2 is 2.05 bits per heavy atom. The summed E-state index contributed by atoms with van der Waals surface area (Å²) < 4.78 is 11.1. The van der Waals surface area contributed by atoms with Crippen molar-refractivity contribution in [1.29, 1.82) is 0 Å². The van der Waals surface area contributed by atoms with Crippen LogP contribution in [-0.2, 0) is 0 Å². The zero-order valence-corrected chi connectivity index (χ0v) is 11.8. The van der Waals surface area contributed by atoms with Gasteiger partial charge in [-0.25, -0.2) is 4.98 Å². The summed E-state index contributed by atoms with van der Waals surface area (Å²) in [6.45, 7) is 3.33. The standard InChI is InChI=1S/C14H16N2O2S/c1-9(15-2)11-8-19-14(16-11)10-3-4-12-13(7-10)18-6-5-17-12/h3-4,7-9,15H,5-6H2,1-2H3. The van der Waals surface area contributed by atoms with Crippen LogP contribution in [0.1, 0.15) is 18.7 Å². The van der Waals surface area contributed by atoms with Crippen LogP contribution in [0.3, 0.4) is 0 Å². The van der Waals surface area contributed by atoms with E-state index in [0.717, 1.165) is 27.8 Å². The van der Waals surface area contributed by atoms with Gasteiger partial charge in [0.05, 0.1) is 5.69 Å². The summed E-state index contributed by atoms with van der Waals surface area (Å²) in [7, 11) is 1.94. The van der Waals surface area contributed by atoms with Crippen LogP contribution in [0.15, 0.2) is 23.6 Å². The fourth-order valence-electron chi connectivity index (χ4n) is 1.94. The van der Waals surface area contributed by atoms with Crippen LogP contribution < -0.4 is 14.8 Å². The number of aromatic nitrogens is 1. The monoisotopic (exact) mass is 276 g/mol. The van der Waals surface area contributed by atoms with Crippen LogP contribution in [0.5, 0.6) is 11.5 Å². The molecule has 5 heteroatoms. The largest absolute Gasteiger partial charge is 0.486 e. The molecule has 0 radical (unpaired) electrons. The molecule has 1 N–H and O–H groups in total. The molecule has 0 saturated carbocycles. The number of thiazole rings is 1. The lowest BCUT2D eigenvalue weighted by molar-refractivity contribution is 0.171. The number of hydrogen-bond acceptors (Lipinski definition) is 5. The van der Waals surface area contributed by atoms with Crippen molar-refractivity contribution in [2.45, 2.75) is 13.0 Å². The molecule has 100 valence electrons. The fourth-order valence-corrected chi connectivity index (χ4v) is 2.85. The topological polar surface area (TPSA) is 43.4 Å². The van der Waals surface area contributed by atoms with Gasteiger partial charge in [0.1, 0.15) is 18.2 Å². The molecule has 0 spiro atoms. The first-order valence-corrected chi connectivity index (χ1v) is 7.18. The Morgan fingerprint density at radius 3 is 2.84 bits per heavy atom. The number of fused-ring (bicyclic) bond motifs is 1. The highest BCUT2D eigenvalue weighted by Crippen LogP contribution is 2.35. The zero-order chi connectivity index (χ0) is 13.2. The van der Waals surface area contributed by atoms with Crippen molar-refractivity contribution in [3.05, 3.63) is 29.3 Å². The van der Waals surface area contributed by atoms with E-state index in [1.54, 1.807) is 11.3 Å². The van der Waals surface area contributed by atoms with Gasteiger partial charge in [0.15, 0.2) is 11.5 Å². The van der Waals surface area contributed by atoms with Gasteiger partial charge in [-0.15, -0.1) is 11.3 Å². The minimum absolute atomic E-state index is 0.266. The SMILES string of the molecule is CNC(C)c1csc(-c2ccc3c(c2)OCCO3)n1. The molecule has 2 aromatic rings. The molecule has 3 rings (SSSR count). The highest BCUT2D eigenvalue weighted by atomic mass is 32.1. The molecule has 1 aliphatic heterocycles. The average molecular weight is 276 g/mol. The molecule has 0 fully saturated rings. The quantitative estimate of drug-likeness (QED) is 0.936. The van der Waals surface area contributed by atoms with E-state index in [1.165, 1.54) is 0 Å². The third-order valence-electron chi connectivity index (χ3n) is 3.19. The third-order valence-corrected chi connectivity index (χ3v) is 4.10. The van der Waals surface area contributed by atoms with Crippen molar-refractivity contribution >= 4 is 11.3 Å². The van der Waals surface area contributed by atoms with Gasteiger partial charge in [-0.1, -0.05) is 0 Å². The van der Waals surface area contributed by atoms with Crippen LogP contribution in [0.2, 0.25) is 0 Å². The number of nitrogens with one attached hydrogen (secondary N) is 1. The molecule has 19 heavy (non-hydrogen) atoms. The van der Waals surface area contributed by atoms with E-state index in [4.69, 9.17) is 9.47 Å². The number of benzene rings is 1. The van der Waals surface area contributed by atoms with Crippen LogP contribution in [0.4, 0.5) is 0 Å². The first kappa shape index (κ1) is 12.4. The number of ether oxygens (including phenoxy) is 2. The van der Waals surface area contributed by atoms with Crippen molar-refractivity contribution in [2.75, 3.05) is 20.3 Å². The second-order valence-corrected chi connectivity index (χ2v) is 5.30. The van der Waals surface area contributed by atoms with Gasteiger partial charge < -0.3 is 14.8 Å². The van der Waals surface area contributed by atoms with E-state index in [0.29, 0.717) is 13.2 Å². The van der Waals surface area contributed by atoms with E-state index in [1.807, 2.05) is 25.2 Å². The van der Waals surface area contributed by atoms with E-state index in [-0.39, 0.29) is 6.04 Å². The van der Waals surface area contributed by atoms with Gasteiger partial charge in [0.25, 0.3) is 0 Å². The summed E-state index contributed by atoms with van der Waals surface area (Å²) in [5.41, 5.74) is 2.14. The maximum Gasteiger partial charge on any atom is 0.162 e. The van der Waals surface area contributed by atoms with Crippen LogP contribution in [0.25, 0.3) is 10.6 Å². The van der Waals surface area contributed by atoms with E-state index in [9.17, 15) is 0 Å². The summed E-state index contributed by atoms with van der Waals surface area (Å²) in [4.78, 5) is 4.66. The van der Waals surface area contributed by atoms with Crippen molar-refractivity contribution in [2.24, 2.45) is 0 Å². The van der Waals surface area contributed by atoms with Gasteiger partial charge in [0, 0.05) is 17.0 Å². The first-order chi connectivity index (χ1) is 9.28. The Bertz CT molecular complexity index is 583. The Morgan fingerprint density at radius 1 is 1.26 bits per heavy atom. The minimum Gasteiger partial charge on any atom is -0.486 e. The minimum atomic E-state index is 0.266. The lowest BCUT2D eigenvalue weighted by atomic mass is 10.2. The highest BCUT2D eigenvalue weighted by Gasteiger charge is 2.14. The second kappa shape index (κ2) is 5.19. The molecule has 1 atom stereocenters. The van der Waals surface area contributed by atoms with Crippen molar-refractivity contribution in [3.63, 3.8) is 0 Å². The van der Waals surface area contributed by atoms with E-state index in [2.05, 4.69) is 22.6 Å². The Kier molecular flexibility index (Phi) is 3.40. The van der Waals surface area contributed by atoms with E-state index >= 15 is 0 Å². The Hall–Kier alpha value is -1.59. The molecule has 2 heterocycles.